The van der Waals surface area contributed by atoms with Gasteiger partial charge >= 0.3 is 0 Å². The van der Waals surface area contributed by atoms with E-state index in [2.05, 4.69) is 10.2 Å². The van der Waals surface area contributed by atoms with Crippen LogP contribution in [-0.2, 0) is 0 Å². The highest BCUT2D eigenvalue weighted by atomic mass is 16.5. The normalized spacial score (nSPS) is 15.1. The molecule has 0 spiro atoms. The van der Waals surface area contributed by atoms with Crippen molar-refractivity contribution in [3.8, 4) is 5.75 Å². The highest BCUT2D eigenvalue weighted by Gasteiger charge is 2.12. The minimum atomic E-state index is -0.00286. The number of methoxy groups -OCH3 is 1. The van der Waals surface area contributed by atoms with Crippen molar-refractivity contribution in [1.29, 1.82) is 0 Å². The van der Waals surface area contributed by atoms with Crippen LogP contribution in [0.5, 0.6) is 5.75 Å². The monoisotopic (exact) mass is 298 g/mol. The summed E-state index contributed by atoms with van der Waals surface area (Å²) in [5.74, 6) is 0.826. The SMILES string of the molecule is COc1ccc2cc(C(=O)NCCN3CCCC3)ccc2c1. The van der Waals surface area contributed by atoms with Gasteiger partial charge in [0.05, 0.1) is 7.11 Å². The molecule has 1 aliphatic rings. The molecule has 4 nitrogen and oxygen atoms in total. The number of rotatable bonds is 5. The Hall–Kier alpha value is -2.07. The summed E-state index contributed by atoms with van der Waals surface area (Å²) >= 11 is 0. The topological polar surface area (TPSA) is 41.6 Å². The van der Waals surface area contributed by atoms with Gasteiger partial charge in [-0.1, -0.05) is 12.1 Å². The van der Waals surface area contributed by atoms with Crippen LogP contribution in [0.2, 0.25) is 0 Å². The third-order valence-corrected chi connectivity index (χ3v) is 4.22. The average Bonchev–Trinajstić information content (AvgIpc) is 3.07. The quantitative estimate of drug-likeness (QED) is 0.923. The first-order valence-corrected chi connectivity index (χ1v) is 7.84. The van der Waals surface area contributed by atoms with Gasteiger partial charge in [-0.2, -0.15) is 0 Å². The van der Waals surface area contributed by atoms with E-state index in [1.165, 1.54) is 12.8 Å². The van der Waals surface area contributed by atoms with Crippen molar-refractivity contribution in [2.45, 2.75) is 12.8 Å². The number of ether oxygens (including phenoxy) is 1. The van der Waals surface area contributed by atoms with E-state index in [4.69, 9.17) is 4.74 Å². The van der Waals surface area contributed by atoms with E-state index < -0.39 is 0 Å². The maximum atomic E-state index is 12.2. The molecular formula is C18H22N2O2. The van der Waals surface area contributed by atoms with Gasteiger partial charge in [-0.05, 0) is 61.0 Å². The van der Waals surface area contributed by atoms with Gasteiger partial charge in [0.15, 0.2) is 0 Å². The van der Waals surface area contributed by atoms with Crippen molar-refractivity contribution >= 4 is 16.7 Å². The van der Waals surface area contributed by atoms with Crippen LogP contribution in [0.4, 0.5) is 0 Å². The van der Waals surface area contributed by atoms with Crippen LogP contribution < -0.4 is 10.1 Å². The van der Waals surface area contributed by atoms with Gasteiger partial charge in [0.1, 0.15) is 5.75 Å². The molecule has 2 aromatic rings. The molecule has 116 valence electrons. The first kappa shape index (κ1) is 14.9. The number of nitrogens with zero attached hydrogens (tertiary/aromatic N) is 1. The molecule has 4 heteroatoms. The first-order chi connectivity index (χ1) is 10.8. The second-order valence-electron chi connectivity index (χ2n) is 5.73. The Morgan fingerprint density at radius 2 is 1.86 bits per heavy atom. The number of carbonyl (C=O) groups is 1. The molecule has 3 rings (SSSR count). The van der Waals surface area contributed by atoms with Crippen molar-refractivity contribution in [3.05, 3.63) is 42.0 Å². The number of benzene rings is 2. The summed E-state index contributed by atoms with van der Waals surface area (Å²) in [6, 6.07) is 11.6. The Kier molecular flexibility index (Phi) is 4.59. The number of hydrogen-bond donors (Lipinski definition) is 1. The predicted molar refractivity (Wildman–Crippen MR) is 88.5 cm³/mol. The van der Waals surface area contributed by atoms with Gasteiger partial charge in [-0.25, -0.2) is 0 Å². The molecule has 0 aromatic heterocycles. The van der Waals surface area contributed by atoms with Gasteiger partial charge in [0.25, 0.3) is 5.91 Å². The Bertz CT molecular complexity index is 663. The van der Waals surface area contributed by atoms with Crippen molar-refractivity contribution in [2.24, 2.45) is 0 Å². The zero-order chi connectivity index (χ0) is 15.4. The number of nitrogens with one attached hydrogen (secondary N) is 1. The summed E-state index contributed by atoms with van der Waals surface area (Å²) in [6.45, 7) is 3.97. The second-order valence-corrected chi connectivity index (χ2v) is 5.73. The van der Waals surface area contributed by atoms with Gasteiger partial charge in [-0.3, -0.25) is 4.79 Å². The Morgan fingerprint density at radius 3 is 2.64 bits per heavy atom. The Labute approximate surface area is 131 Å². The number of fused-ring (bicyclic) bond motifs is 1. The summed E-state index contributed by atoms with van der Waals surface area (Å²) < 4.78 is 5.22. The summed E-state index contributed by atoms with van der Waals surface area (Å²) in [5.41, 5.74) is 0.707. The van der Waals surface area contributed by atoms with Crippen LogP contribution in [0, 0.1) is 0 Å². The number of likely N-dealkylation sites (tertiary alicyclic amines) is 1. The van der Waals surface area contributed by atoms with Gasteiger partial charge < -0.3 is 15.0 Å². The van der Waals surface area contributed by atoms with Crippen molar-refractivity contribution in [1.82, 2.24) is 10.2 Å². The summed E-state index contributed by atoms with van der Waals surface area (Å²) in [4.78, 5) is 14.6. The molecule has 0 aliphatic carbocycles. The minimum absolute atomic E-state index is 0.00286. The van der Waals surface area contributed by atoms with E-state index in [0.717, 1.165) is 36.2 Å². The van der Waals surface area contributed by atoms with Crippen molar-refractivity contribution in [2.75, 3.05) is 33.3 Å². The second kappa shape index (κ2) is 6.79. The maximum Gasteiger partial charge on any atom is 0.251 e. The lowest BCUT2D eigenvalue weighted by molar-refractivity contribution is 0.0950. The van der Waals surface area contributed by atoms with Crippen LogP contribution in [0.15, 0.2) is 36.4 Å². The molecule has 0 saturated carbocycles. The standard InChI is InChI=1S/C18H22N2O2/c1-22-17-7-6-14-12-16(5-4-15(14)13-17)18(21)19-8-11-20-9-2-3-10-20/h4-7,12-13H,2-3,8-11H2,1H3,(H,19,21). The summed E-state index contributed by atoms with van der Waals surface area (Å²) in [6.07, 6.45) is 2.56. The molecule has 1 aliphatic heterocycles. The van der Waals surface area contributed by atoms with Crippen molar-refractivity contribution in [3.63, 3.8) is 0 Å². The molecule has 1 N–H and O–H groups in total. The molecule has 2 aromatic carbocycles. The summed E-state index contributed by atoms with van der Waals surface area (Å²) in [5, 5.41) is 5.13. The molecule has 1 saturated heterocycles. The summed E-state index contributed by atoms with van der Waals surface area (Å²) in [7, 11) is 1.66. The molecule has 22 heavy (non-hydrogen) atoms. The molecular weight excluding hydrogens is 276 g/mol. The number of hydrogen-bond acceptors (Lipinski definition) is 3. The fourth-order valence-electron chi connectivity index (χ4n) is 2.93. The lowest BCUT2D eigenvalue weighted by atomic mass is 10.1. The third-order valence-electron chi connectivity index (χ3n) is 4.22. The Balaban J connectivity index is 1.63. The maximum absolute atomic E-state index is 12.2. The zero-order valence-electron chi connectivity index (χ0n) is 13.0. The lowest BCUT2D eigenvalue weighted by Gasteiger charge is -2.14. The highest BCUT2D eigenvalue weighted by molar-refractivity contribution is 5.98. The lowest BCUT2D eigenvalue weighted by Crippen LogP contribution is -2.33. The minimum Gasteiger partial charge on any atom is -0.497 e. The average molecular weight is 298 g/mol. The van der Waals surface area contributed by atoms with Crippen LogP contribution in [0.25, 0.3) is 10.8 Å². The van der Waals surface area contributed by atoms with E-state index in [1.54, 1.807) is 7.11 Å². The smallest absolute Gasteiger partial charge is 0.251 e. The Morgan fingerprint density at radius 1 is 1.14 bits per heavy atom. The molecule has 1 fully saturated rings. The predicted octanol–water partition coefficient (Wildman–Crippen LogP) is 2.67. The number of amides is 1. The van der Waals surface area contributed by atoms with Gasteiger partial charge in [0, 0.05) is 18.7 Å². The molecule has 0 radical (unpaired) electrons. The molecule has 0 unspecified atom stereocenters. The fraction of sp³-hybridized carbons (Fsp3) is 0.389. The van der Waals surface area contributed by atoms with E-state index in [0.29, 0.717) is 12.1 Å². The van der Waals surface area contributed by atoms with E-state index in [1.807, 2.05) is 36.4 Å². The highest BCUT2D eigenvalue weighted by Crippen LogP contribution is 2.21. The van der Waals surface area contributed by atoms with E-state index >= 15 is 0 Å². The molecule has 1 amide bonds. The van der Waals surface area contributed by atoms with Crippen LogP contribution >= 0.6 is 0 Å². The molecule has 1 heterocycles. The van der Waals surface area contributed by atoms with Gasteiger partial charge in [0.2, 0.25) is 0 Å². The van der Waals surface area contributed by atoms with Crippen LogP contribution in [-0.4, -0.2) is 44.1 Å². The first-order valence-electron chi connectivity index (χ1n) is 7.84. The van der Waals surface area contributed by atoms with Crippen LogP contribution in [0.3, 0.4) is 0 Å². The zero-order valence-corrected chi connectivity index (χ0v) is 13.0. The largest absolute Gasteiger partial charge is 0.497 e. The van der Waals surface area contributed by atoms with E-state index in [9.17, 15) is 4.79 Å². The fourth-order valence-corrected chi connectivity index (χ4v) is 2.93. The van der Waals surface area contributed by atoms with E-state index in [-0.39, 0.29) is 5.91 Å². The molecule has 0 atom stereocenters. The number of carbonyl (C=O) groups excluding carboxylic acids is 1. The molecule has 0 bridgehead atoms. The van der Waals surface area contributed by atoms with Crippen LogP contribution in [0.1, 0.15) is 23.2 Å². The third kappa shape index (κ3) is 3.39. The van der Waals surface area contributed by atoms with Gasteiger partial charge in [-0.15, -0.1) is 0 Å². The van der Waals surface area contributed by atoms with Crippen molar-refractivity contribution < 1.29 is 9.53 Å².